The number of alkyl halides is 3. The van der Waals surface area contributed by atoms with E-state index in [0.717, 1.165) is 73.3 Å². The van der Waals surface area contributed by atoms with E-state index in [9.17, 15) is 18.4 Å². The van der Waals surface area contributed by atoms with Gasteiger partial charge < -0.3 is 15.0 Å². The largest absolute Gasteiger partial charge is 0.497 e. The third kappa shape index (κ3) is 7.12. The minimum Gasteiger partial charge on any atom is -0.497 e. The van der Waals surface area contributed by atoms with Crippen molar-refractivity contribution < 1.29 is 17.9 Å². The number of fused-ring (bicyclic) bond motifs is 1. The van der Waals surface area contributed by atoms with Gasteiger partial charge in [-0.25, -0.2) is 0 Å². The van der Waals surface area contributed by atoms with E-state index >= 15 is 0 Å². The molecule has 2 aromatic rings. The van der Waals surface area contributed by atoms with Gasteiger partial charge in [-0.1, -0.05) is 29.8 Å². The minimum atomic E-state index is -4.24. The van der Waals surface area contributed by atoms with Gasteiger partial charge in [0.15, 0.2) is 0 Å². The maximum absolute atomic E-state index is 13.3. The van der Waals surface area contributed by atoms with E-state index in [2.05, 4.69) is 35.3 Å². The van der Waals surface area contributed by atoms with Gasteiger partial charge in [0.05, 0.1) is 24.7 Å². The van der Waals surface area contributed by atoms with Gasteiger partial charge >= 0.3 is 6.18 Å². The van der Waals surface area contributed by atoms with E-state index in [1.165, 1.54) is 18.1 Å². The van der Waals surface area contributed by atoms with E-state index in [-0.39, 0.29) is 0 Å². The summed E-state index contributed by atoms with van der Waals surface area (Å²) in [4.78, 5) is 2.44. The maximum atomic E-state index is 13.3. The van der Waals surface area contributed by atoms with Crippen LogP contribution in [0.3, 0.4) is 0 Å². The topological polar surface area (TPSA) is 48.3 Å². The van der Waals surface area contributed by atoms with Crippen LogP contribution in [-0.2, 0) is 13.0 Å². The van der Waals surface area contributed by atoms with E-state index < -0.39 is 12.1 Å². The molecule has 1 atom stereocenters. The SMILES string of the molecule is COc1ccc2c(c1)C(CCN1CCC(NCc3ccc(C)c(C(C)C(F)(F)F)c3)CC1)=C(C#N)C=C(C)C2. The predicted octanol–water partition coefficient (Wildman–Crippen LogP) is 7.09. The summed E-state index contributed by atoms with van der Waals surface area (Å²) in [5, 5.41) is 13.5. The van der Waals surface area contributed by atoms with Gasteiger partial charge in [0.2, 0.25) is 0 Å². The summed E-state index contributed by atoms with van der Waals surface area (Å²) in [5.74, 6) is -0.679. The zero-order valence-corrected chi connectivity index (χ0v) is 23.3. The third-order valence-electron chi connectivity index (χ3n) is 8.11. The molecule has 0 saturated carbocycles. The smallest absolute Gasteiger partial charge is 0.395 e. The summed E-state index contributed by atoms with van der Waals surface area (Å²) in [6, 6.07) is 14.3. The number of piperidine rings is 1. The molecule has 1 fully saturated rings. The second kappa shape index (κ2) is 12.4. The summed E-state index contributed by atoms with van der Waals surface area (Å²) in [6.45, 7) is 8.35. The highest BCUT2D eigenvalue weighted by Crippen LogP contribution is 2.36. The second-order valence-electron chi connectivity index (χ2n) is 10.9. The summed E-state index contributed by atoms with van der Waals surface area (Å²) < 4.78 is 45.3. The summed E-state index contributed by atoms with van der Waals surface area (Å²) in [7, 11) is 1.66. The number of aryl methyl sites for hydroxylation is 1. The Kier molecular flexibility index (Phi) is 9.19. The van der Waals surface area contributed by atoms with Gasteiger partial charge in [0.1, 0.15) is 5.75 Å². The molecule has 4 nitrogen and oxygen atoms in total. The third-order valence-corrected chi connectivity index (χ3v) is 8.11. The van der Waals surface area contributed by atoms with E-state index in [4.69, 9.17) is 4.74 Å². The molecule has 0 amide bonds. The van der Waals surface area contributed by atoms with Crippen molar-refractivity contribution in [1.82, 2.24) is 10.2 Å². The Hall–Kier alpha value is -3.08. The van der Waals surface area contributed by atoms with Crippen molar-refractivity contribution in [3.8, 4) is 11.8 Å². The number of benzene rings is 2. The number of nitrogens with one attached hydrogen (secondary N) is 1. The quantitative estimate of drug-likeness (QED) is 0.391. The van der Waals surface area contributed by atoms with Crippen LogP contribution in [0.15, 0.2) is 53.6 Å². The molecule has 39 heavy (non-hydrogen) atoms. The van der Waals surface area contributed by atoms with Gasteiger partial charge in [-0.05, 0) is 111 Å². The highest BCUT2D eigenvalue weighted by Gasteiger charge is 2.37. The molecule has 2 aliphatic rings. The van der Waals surface area contributed by atoms with Crippen molar-refractivity contribution in [1.29, 1.82) is 5.26 Å². The van der Waals surface area contributed by atoms with Crippen LogP contribution in [0.4, 0.5) is 13.2 Å². The van der Waals surface area contributed by atoms with Crippen molar-refractivity contribution in [2.24, 2.45) is 0 Å². The molecule has 2 aromatic carbocycles. The van der Waals surface area contributed by atoms with Gasteiger partial charge in [0.25, 0.3) is 0 Å². The fourth-order valence-corrected chi connectivity index (χ4v) is 5.65. The lowest BCUT2D eigenvalue weighted by Gasteiger charge is -2.33. The number of likely N-dealkylation sites (tertiary alicyclic amines) is 1. The molecular weight excluding hydrogens is 499 g/mol. The molecule has 0 spiro atoms. The van der Waals surface area contributed by atoms with E-state index in [1.54, 1.807) is 26.2 Å². The van der Waals surface area contributed by atoms with Crippen LogP contribution < -0.4 is 10.1 Å². The molecule has 1 saturated heterocycles. The molecule has 1 aliphatic carbocycles. The Labute approximate surface area is 230 Å². The van der Waals surface area contributed by atoms with E-state index in [1.807, 2.05) is 18.2 Å². The number of halogens is 3. The molecule has 0 radical (unpaired) electrons. The highest BCUT2D eigenvalue weighted by atomic mass is 19.4. The number of allylic oxidation sites excluding steroid dienone is 3. The van der Waals surface area contributed by atoms with Crippen molar-refractivity contribution in [3.05, 3.63) is 81.4 Å². The Morgan fingerprint density at radius 2 is 1.87 bits per heavy atom. The Morgan fingerprint density at radius 3 is 2.54 bits per heavy atom. The molecule has 1 N–H and O–H groups in total. The number of ether oxygens (including phenoxy) is 1. The molecule has 0 aromatic heterocycles. The molecule has 208 valence electrons. The minimum absolute atomic E-state index is 0.327. The lowest BCUT2D eigenvalue weighted by Crippen LogP contribution is -2.42. The Balaban J connectivity index is 1.34. The zero-order valence-electron chi connectivity index (χ0n) is 23.3. The summed E-state index contributed by atoms with van der Waals surface area (Å²) in [5.41, 5.74) is 7.21. The van der Waals surface area contributed by atoms with Crippen molar-refractivity contribution in [2.75, 3.05) is 26.7 Å². The fraction of sp³-hybridized carbons (Fsp3) is 0.469. The van der Waals surface area contributed by atoms with Crippen molar-refractivity contribution >= 4 is 5.57 Å². The first-order chi connectivity index (χ1) is 18.6. The van der Waals surface area contributed by atoms with Gasteiger partial charge in [-0.15, -0.1) is 0 Å². The average molecular weight is 538 g/mol. The Morgan fingerprint density at radius 1 is 1.13 bits per heavy atom. The molecule has 4 rings (SSSR count). The van der Waals surface area contributed by atoms with Crippen LogP contribution in [0.1, 0.15) is 66.8 Å². The maximum Gasteiger partial charge on any atom is 0.395 e. The first-order valence-corrected chi connectivity index (χ1v) is 13.7. The molecule has 1 heterocycles. The standard InChI is InChI=1S/C32H38F3N3O/c1-21-15-25-7-8-28(39-4)18-31(25)29(26(16-21)19-36)11-14-38-12-9-27(10-13-38)37-20-24-6-5-22(2)30(17-24)23(3)32(33,34)35/h5-8,16-18,23,27,37H,9-15,20H2,1-4H3. The monoisotopic (exact) mass is 537 g/mol. The predicted molar refractivity (Wildman–Crippen MR) is 150 cm³/mol. The average Bonchev–Trinajstić information content (AvgIpc) is 3.05. The van der Waals surface area contributed by atoms with Crippen LogP contribution in [0.5, 0.6) is 5.75 Å². The first kappa shape index (κ1) is 28.9. The first-order valence-electron chi connectivity index (χ1n) is 13.7. The lowest BCUT2D eigenvalue weighted by atomic mass is 9.93. The molecule has 1 aliphatic heterocycles. The number of methoxy groups -OCH3 is 1. The van der Waals surface area contributed by atoms with Gasteiger partial charge in [-0.3, -0.25) is 0 Å². The van der Waals surface area contributed by atoms with Gasteiger partial charge in [-0.2, -0.15) is 18.4 Å². The fourth-order valence-electron chi connectivity index (χ4n) is 5.65. The summed E-state index contributed by atoms with van der Waals surface area (Å²) in [6.07, 6.45) is 1.34. The van der Waals surface area contributed by atoms with E-state index in [0.29, 0.717) is 23.7 Å². The molecule has 7 heteroatoms. The van der Waals surface area contributed by atoms with Gasteiger partial charge in [0, 0.05) is 19.1 Å². The molecule has 0 bridgehead atoms. The van der Waals surface area contributed by atoms with Crippen LogP contribution in [0.2, 0.25) is 0 Å². The number of nitriles is 1. The van der Waals surface area contributed by atoms with Crippen molar-refractivity contribution in [2.45, 2.75) is 71.1 Å². The highest BCUT2D eigenvalue weighted by molar-refractivity contribution is 5.78. The van der Waals surface area contributed by atoms with Crippen LogP contribution in [0, 0.1) is 18.3 Å². The van der Waals surface area contributed by atoms with Crippen LogP contribution in [0.25, 0.3) is 5.57 Å². The normalized spacial score (nSPS) is 17.7. The molecular formula is C32H38F3N3O. The lowest BCUT2D eigenvalue weighted by molar-refractivity contribution is -0.146. The van der Waals surface area contributed by atoms with Crippen LogP contribution in [-0.4, -0.2) is 43.9 Å². The van der Waals surface area contributed by atoms with Crippen LogP contribution >= 0.6 is 0 Å². The molecule has 1 unspecified atom stereocenters. The second-order valence-corrected chi connectivity index (χ2v) is 10.9. The number of rotatable bonds is 8. The number of hydrogen-bond donors (Lipinski definition) is 1. The zero-order chi connectivity index (χ0) is 28.2. The number of nitrogens with zero attached hydrogens (tertiary/aromatic N) is 2. The summed E-state index contributed by atoms with van der Waals surface area (Å²) >= 11 is 0. The number of hydrogen-bond acceptors (Lipinski definition) is 4. The van der Waals surface area contributed by atoms with Crippen molar-refractivity contribution in [3.63, 3.8) is 0 Å². The Bertz CT molecular complexity index is 1280.